The highest BCUT2D eigenvalue weighted by atomic mass is 16.4. The third-order valence-corrected chi connectivity index (χ3v) is 2.22. The molecule has 2 atom stereocenters. The number of amides is 1. The predicted molar refractivity (Wildman–Crippen MR) is 58.7 cm³/mol. The summed E-state index contributed by atoms with van der Waals surface area (Å²) in [6.07, 6.45) is 0.158. The summed E-state index contributed by atoms with van der Waals surface area (Å²) in [5.41, 5.74) is 3.88. The average Bonchev–Trinajstić information content (AvgIpc) is 2.12. The van der Waals surface area contributed by atoms with Crippen molar-refractivity contribution in [3.63, 3.8) is 0 Å². The molecule has 0 saturated heterocycles. The van der Waals surface area contributed by atoms with E-state index in [9.17, 15) is 14.7 Å². The fourth-order valence-corrected chi connectivity index (χ4v) is 1.22. The van der Waals surface area contributed by atoms with Crippen LogP contribution in [0.3, 0.4) is 0 Å². The Morgan fingerprint density at radius 2 is 2.06 bits per heavy atom. The highest BCUT2D eigenvalue weighted by Crippen LogP contribution is 2.08. The minimum Gasteiger partial charge on any atom is -0.481 e. The molecule has 0 aromatic carbocycles. The monoisotopic (exact) mass is 232 g/mol. The standard InChI is InChI=1S/C10H20N2O4/c1-7(3-4-11)9(15)12-6-10(2,16)5-8(13)14/h7,16H,3-6,11H2,1-2H3,(H,12,15)(H,13,14). The minimum atomic E-state index is -1.43. The van der Waals surface area contributed by atoms with Crippen LogP contribution in [-0.4, -0.2) is 40.8 Å². The predicted octanol–water partition coefficient (Wildman–Crippen LogP) is -0.687. The number of carboxylic acid groups (broad SMARTS) is 1. The summed E-state index contributed by atoms with van der Waals surface area (Å²) in [7, 11) is 0. The maximum Gasteiger partial charge on any atom is 0.306 e. The van der Waals surface area contributed by atoms with E-state index in [1.165, 1.54) is 6.92 Å². The zero-order valence-corrected chi connectivity index (χ0v) is 9.69. The molecule has 0 heterocycles. The maximum absolute atomic E-state index is 11.4. The number of carbonyl (C=O) groups excluding carboxylic acids is 1. The van der Waals surface area contributed by atoms with Gasteiger partial charge in [-0.15, -0.1) is 0 Å². The van der Waals surface area contributed by atoms with Crippen LogP contribution in [0.4, 0.5) is 0 Å². The SMILES string of the molecule is CC(CCN)C(=O)NCC(C)(O)CC(=O)O. The number of aliphatic carboxylic acids is 1. The van der Waals surface area contributed by atoms with Crippen LogP contribution in [-0.2, 0) is 9.59 Å². The van der Waals surface area contributed by atoms with E-state index >= 15 is 0 Å². The number of aliphatic hydroxyl groups is 1. The Balaban J connectivity index is 4.03. The largest absolute Gasteiger partial charge is 0.481 e. The van der Waals surface area contributed by atoms with Gasteiger partial charge in [-0.2, -0.15) is 0 Å². The summed E-state index contributed by atoms with van der Waals surface area (Å²) in [5.74, 6) is -1.56. The van der Waals surface area contributed by atoms with Crippen LogP contribution in [0.15, 0.2) is 0 Å². The number of carbonyl (C=O) groups is 2. The molecule has 0 fully saturated rings. The molecular formula is C10H20N2O4. The van der Waals surface area contributed by atoms with Crippen molar-refractivity contribution in [2.24, 2.45) is 11.7 Å². The highest BCUT2D eigenvalue weighted by molar-refractivity contribution is 5.78. The smallest absolute Gasteiger partial charge is 0.306 e. The fourth-order valence-electron chi connectivity index (χ4n) is 1.22. The highest BCUT2D eigenvalue weighted by Gasteiger charge is 2.25. The number of rotatable bonds is 7. The lowest BCUT2D eigenvalue weighted by Crippen LogP contribution is -2.43. The molecule has 94 valence electrons. The van der Waals surface area contributed by atoms with Crippen molar-refractivity contribution in [2.45, 2.75) is 32.3 Å². The Morgan fingerprint density at radius 1 is 1.50 bits per heavy atom. The molecule has 2 unspecified atom stereocenters. The van der Waals surface area contributed by atoms with Crippen LogP contribution in [0.25, 0.3) is 0 Å². The van der Waals surface area contributed by atoms with Crippen molar-refractivity contribution in [2.75, 3.05) is 13.1 Å². The van der Waals surface area contributed by atoms with Gasteiger partial charge >= 0.3 is 5.97 Å². The van der Waals surface area contributed by atoms with Gasteiger partial charge in [0.05, 0.1) is 12.0 Å². The second kappa shape index (κ2) is 6.44. The normalized spacial score (nSPS) is 16.2. The molecule has 0 saturated carbocycles. The van der Waals surface area contributed by atoms with Crippen molar-refractivity contribution >= 4 is 11.9 Å². The van der Waals surface area contributed by atoms with Crippen LogP contribution < -0.4 is 11.1 Å². The maximum atomic E-state index is 11.4. The lowest BCUT2D eigenvalue weighted by molar-refractivity contribution is -0.142. The number of carboxylic acids is 1. The summed E-state index contributed by atoms with van der Waals surface area (Å²) in [4.78, 5) is 21.8. The van der Waals surface area contributed by atoms with Gasteiger partial charge in [-0.25, -0.2) is 0 Å². The molecular weight excluding hydrogens is 212 g/mol. The van der Waals surface area contributed by atoms with E-state index in [-0.39, 0.29) is 18.4 Å². The van der Waals surface area contributed by atoms with Gasteiger partial charge in [0.15, 0.2) is 0 Å². The van der Waals surface area contributed by atoms with E-state index in [0.29, 0.717) is 13.0 Å². The van der Waals surface area contributed by atoms with Gasteiger partial charge in [0.2, 0.25) is 5.91 Å². The second-order valence-electron chi connectivity index (χ2n) is 4.26. The fraction of sp³-hybridized carbons (Fsp3) is 0.800. The van der Waals surface area contributed by atoms with E-state index in [1.807, 2.05) is 0 Å². The third-order valence-electron chi connectivity index (χ3n) is 2.22. The number of hydrogen-bond donors (Lipinski definition) is 4. The molecule has 0 aliphatic heterocycles. The average molecular weight is 232 g/mol. The third kappa shape index (κ3) is 6.36. The molecule has 0 aromatic rings. The second-order valence-corrected chi connectivity index (χ2v) is 4.26. The molecule has 0 spiro atoms. The summed E-state index contributed by atoms with van der Waals surface area (Å²) in [5, 5.41) is 20.6. The molecule has 6 nitrogen and oxygen atoms in total. The first-order chi connectivity index (χ1) is 7.28. The van der Waals surface area contributed by atoms with E-state index in [1.54, 1.807) is 6.92 Å². The molecule has 1 amide bonds. The van der Waals surface area contributed by atoms with Gasteiger partial charge in [0.25, 0.3) is 0 Å². The van der Waals surface area contributed by atoms with Gasteiger partial charge < -0.3 is 21.3 Å². The van der Waals surface area contributed by atoms with Gasteiger partial charge in [-0.05, 0) is 19.9 Å². The summed E-state index contributed by atoms with van der Waals surface area (Å²) >= 11 is 0. The Kier molecular flexibility index (Phi) is 5.98. The van der Waals surface area contributed by atoms with E-state index in [4.69, 9.17) is 10.8 Å². The van der Waals surface area contributed by atoms with Gasteiger partial charge in [0, 0.05) is 12.5 Å². The molecule has 0 aliphatic carbocycles. The lowest BCUT2D eigenvalue weighted by atomic mass is 10.0. The Bertz CT molecular complexity index is 253. The number of hydrogen-bond acceptors (Lipinski definition) is 4. The summed E-state index contributed by atoms with van der Waals surface area (Å²) in [6.45, 7) is 3.44. The minimum absolute atomic E-state index is 0.0763. The van der Waals surface area contributed by atoms with Crippen molar-refractivity contribution in [1.82, 2.24) is 5.32 Å². The first-order valence-electron chi connectivity index (χ1n) is 5.20. The molecule has 16 heavy (non-hydrogen) atoms. The van der Waals surface area contributed by atoms with Crippen LogP contribution in [0.2, 0.25) is 0 Å². The van der Waals surface area contributed by atoms with Gasteiger partial charge in [-0.1, -0.05) is 6.92 Å². The lowest BCUT2D eigenvalue weighted by Gasteiger charge is -2.22. The van der Waals surface area contributed by atoms with Crippen LogP contribution in [0.1, 0.15) is 26.7 Å². The van der Waals surface area contributed by atoms with Gasteiger partial charge in [-0.3, -0.25) is 9.59 Å². The van der Waals surface area contributed by atoms with Crippen molar-refractivity contribution < 1.29 is 19.8 Å². The first-order valence-corrected chi connectivity index (χ1v) is 5.20. The van der Waals surface area contributed by atoms with E-state index in [0.717, 1.165) is 0 Å². The van der Waals surface area contributed by atoms with Crippen LogP contribution >= 0.6 is 0 Å². The topological polar surface area (TPSA) is 113 Å². The van der Waals surface area contributed by atoms with Crippen LogP contribution in [0.5, 0.6) is 0 Å². The Labute approximate surface area is 94.8 Å². The van der Waals surface area contributed by atoms with E-state index in [2.05, 4.69) is 5.32 Å². The summed E-state index contributed by atoms with van der Waals surface area (Å²) in [6, 6.07) is 0. The van der Waals surface area contributed by atoms with Gasteiger partial charge in [0.1, 0.15) is 0 Å². The van der Waals surface area contributed by atoms with Crippen molar-refractivity contribution in [3.05, 3.63) is 0 Å². The molecule has 6 heteroatoms. The van der Waals surface area contributed by atoms with Crippen LogP contribution in [0, 0.1) is 5.92 Å². The molecule has 0 bridgehead atoms. The summed E-state index contributed by atoms with van der Waals surface area (Å²) < 4.78 is 0. The molecule has 0 radical (unpaired) electrons. The Morgan fingerprint density at radius 3 is 2.50 bits per heavy atom. The zero-order valence-electron chi connectivity index (χ0n) is 9.69. The zero-order chi connectivity index (χ0) is 12.8. The molecule has 0 aliphatic rings. The van der Waals surface area contributed by atoms with Crippen molar-refractivity contribution in [1.29, 1.82) is 0 Å². The quantitative estimate of drug-likeness (QED) is 0.464. The number of nitrogens with one attached hydrogen (secondary N) is 1. The Hall–Kier alpha value is -1.14. The van der Waals surface area contributed by atoms with Crippen molar-refractivity contribution in [3.8, 4) is 0 Å². The van der Waals surface area contributed by atoms with E-state index < -0.39 is 18.0 Å². The molecule has 0 aromatic heterocycles. The number of nitrogens with two attached hydrogens (primary N) is 1. The molecule has 5 N–H and O–H groups in total. The first kappa shape index (κ1) is 14.9. The molecule has 0 rings (SSSR count).